The Morgan fingerprint density at radius 2 is 0.522 bits per heavy atom. The second-order valence-electron chi connectivity index (χ2n) is 28.9. The first-order valence-corrected chi connectivity index (χ1v) is 44.9. The van der Waals surface area contributed by atoms with Gasteiger partial charge in [0.15, 0.2) is 0 Å². The number of para-hydroxylation sites is 2. The van der Waals surface area contributed by atoms with Crippen LogP contribution in [0.1, 0.15) is 69.4 Å². The number of hydrogen-bond acceptors (Lipinski definition) is 42. The molecular weight excluding hydrogens is 2000 g/mol. The van der Waals surface area contributed by atoms with Crippen LogP contribution in [0, 0.1) is 0 Å². The third-order valence-electron chi connectivity index (χ3n) is 16.5. The number of hydrogen-bond donors (Lipinski definition) is 20. The molecule has 0 atom stereocenters. The normalized spacial score (nSPS) is 10.5. The summed E-state index contributed by atoms with van der Waals surface area (Å²) in [7, 11) is 3.68. The molecule has 0 radical (unpaired) electrons. The predicted octanol–water partition coefficient (Wildman–Crippen LogP) is 17.0. The van der Waals surface area contributed by atoms with E-state index in [1.54, 1.807) is 53.4 Å². The summed E-state index contributed by atoms with van der Waals surface area (Å²) < 4.78 is 0. The fourth-order valence-corrected chi connectivity index (χ4v) is 13.0. The summed E-state index contributed by atoms with van der Waals surface area (Å²) in [5.41, 5.74) is 61.5. The van der Waals surface area contributed by atoms with Crippen molar-refractivity contribution < 1.29 is 0 Å². The number of nitrogens with zero attached hydrogens (tertiary/aromatic N) is 22. The van der Waals surface area contributed by atoms with Gasteiger partial charge in [-0.25, -0.2) is 0 Å². The van der Waals surface area contributed by atoms with Gasteiger partial charge in [0.2, 0.25) is 125 Å². The van der Waals surface area contributed by atoms with Crippen LogP contribution in [0.2, 0.25) is 60.3 Å². The number of nitrogens with one attached hydrogen (secondary N) is 10. The smallest absolute Gasteiger partial charge is 0.233 e. The lowest BCUT2D eigenvalue weighted by Crippen LogP contribution is -2.17. The van der Waals surface area contributed by atoms with Crippen molar-refractivity contribution in [3.8, 4) is 0 Å². The molecule has 0 bridgehead atoms. The number of halogens is 12. The molecule has 7 aromatic carbocycles. The topological polar surface area (TPSA) is 654 Å². The van der Waals surface area contributed by atoms with Gasteiger partial charge in [-0.15, -0.1) is 0 Å². The molecule has 0 spiro atoms. The molecule has 14 rings (SSSR count). The van der Waals surface area contributed by atoms with E-state index < -0.39 is 0 Å². The zero-order chi connectivity index (χ0) is 99.2. The molecule has 136 heavy (non-hydrogen) atoms. The van der Waals surface area contributed by atoms with Crippen LogP contribution >= 0.6 is 139 Å². The van der Waals surface area contributed by atoms with E-state index in [0.717, 1.165) is 34.2 Å². The Morgan fingerprint density at radius 1 is 0.243 bits per heavy atom. The Kier molecular flexibility index (Phi) is 43.3. The molecule has 7 heterocycles. The summed E-state index contributed by atoms with van der Waals surface area (Å²) in [5, 5.41) is 36.9. The molecule has 0 aliphatic heterocycles. The maximum Gasteiger partial charge on any atom is 0.233 e. The molecule has 0 fully saturated rings. The lowest BCUT2D eigenvalue weighted by molar-refractivity contribution is 0.866. The molecular formula is C82H96Cl12N42. The number of anilines is 23. The van der Waals surface area contributed by atoms with Crippen molar-refractivity contribution in [2.75, 3.05) is 149 Å². The second-order valence-corrected chi connectivity index (χ2v) is 33.7. The zero-order valence-corrected chi connectivity index (χ0v) is 82.9. The predicted molar refractivity (Wildman–Crippen MR) is 557 cm³/mol. The van der Waals surface area contributed by atoms with Crippen molar-refractivity contribution in [1.29, 1.82) is 0 Å². The van der Waals surface area contributed by atoms with Crippen LogP contribution in [0.15, 0.2) is 140 Å². The highest BCUT2D eigenvalue weighted by Crippen LogP contribution is 2.33. The standard InChI is InChI=1S/C14H17Cl3N6.C13H16Cl2N6.C13H17ClN6.C12H15ClN6.C11H11Cl3N6.C10H11ClN6.C9H9ClN6/c1-7(2)20-14-22-12(18)21-13(23-14)19-4-3-8-5-10(16)11(17)6-9(8)15;1-21(2)13-19-11(16)18-12(20-13)17-6-5-8-3-4-9(14)10(15)7-8;1-8(2)17-13-19-11(15)18-12(20-13)16-7-9-5-3-4-6-10(9)14;1-7(2)15-11-17-10(14)18-12(19-11)16-9-6-4-3-5-8(9)13;12-6-4-8(14)7(13)3-5(6)1-2-17-11-19-9(15)18-10(16)20-11;11-7-4-2-1-3-6(7)5-14-10-16-8(12)15-9(13)17-10;10-5-3-1-2-4-6(5)13-9-15-7(11)14-8(12)16-9/h5-7H,3-4H2,1-2H3,(H4,18,19,20,21,22,23);3-4,7H,5-6H2,1-2H3,(H3,16,17,18,19,20);3-6,8H,7H2,1-2H3,(H4,15,16,17,18,19,20);3-7H,1-2H3,(H4,14,15,16,17,18,19);3-4H,1-2H2,(H5,15,16,17,18,19,20);1-4H,5H2,(H5,12,13,14,15,16,17);1-4H,(H5,11,12,13,14,15,16). The number of nitrogens with two attached hydrogens (primary N) is 10. The summed E-state index contributed by atoms with van der Waals surface area (Å²) in [5.74, 6) is 5.41. The van der Waals surface area contributed by atoms with Crippen LogP contribution < -0.4 is 115 Å². The zero-order valence-electron chi connectivity index (χ0n) is 73.8. The van der Waals surface area contributed by atoms with Crippen molar-refractivity contribution in [3.63, 3.8) is 0 Å². The van der Waals surface area contributed by atoms with E-state index in [-0.39, 0.29) is 83.6 Å². The van der Waals surface area contributed by atoms with Crippen LogP contribution in [0.3, 0.4) is 0 Å². The summed E-state index contributed by atoms with van der Waals surface area (Å²) in [4.78, 5) is 85.4. The average Bonchev–Trinajstić information content (AvgIpc) is 1.04. The number of aromatic nitrogens is 21. The van der Waals surface area contributed by atoms with Crippen molar-refractivity contribution in [3.05, 3.63) is 228 Å². The molecule has 0 amide bonds. The molecule has 0 saturated carbocycles. The highest BCUT2D eigenvalue weighted by Gasteiger charge is 2.16. The van der Waals surface area contributed by atoms with Crippen LogP contribution in [0.5, 0.6) is 0 Å². The summed E-state index contributed by atoms with van der Waals surface area (Å²) >= 11 is 71.9. The van der Waals surface area contributed by atoms with E-state index in [1.807, 2.05) is 147 Å². The highest BCUT2D eigenvalue weighted by molar-refractivity contribution is 6.44. The van der Waals surface area contributed by atoms with E-state index in [9.17, 15) is 0 Å². The van der Waals surface area contributed by atoms with Crippen LogP contribution in [-0.4, -0.2) is 157 Å². The van der Waals surface area contributed by atoms with Gasteiger partial charge in [0, 0.05) is 85.0 Å². The molecule has 7 aromatic heterocycles. The monoisotopic (exact) mass is 2090 g/mol. The van der Waals surface area contributed by atoms with E-state index in [4.69, 9.17) is 197 Å². The van der Waals surface area contributed by atoms with Gasteiger partial charge in [-0.3, -0.25) is 0 Å². The highest BCUT2D eigenvalue weighted by atomic mass is 35.5. The molecule has 718 valence electrons. The lowest BCUT2D eigenvalue weighted by Gasteiger charge is -2.12. The van der Waals surface area contributed by atoms with Crippen LogP contribution in [0.4, 0.5) is 136 Å². The molecule has 54 heteroatoms. The van der Waals surface area contributed by atoms with Gasteiger partial charge < -0.3 is 115 Å². The first kappa shape index (κ1) is 108. The Morgan fingerprint density at radius 3 is 0.882 bits per heavy atom. The summed E-state index contributed by atoms with van der Waals surface area (Å²) in [6.45, 7) is 14.7. The van der Waals surface area contributed by atoms with E-state index >= 15 is 0 Å². The Balaban J connectivity index is 0.000000195. The molecule has 30 N–H and O–H groups in total. The van der Waals surface area contributed by atoms with Crippen molar-refractivity contribution in [2.45, 2.75) is 92.0 Å². The maximum atomic E-state index is 6.15. The summed E-state index contributed by atoms with van der Waals surface area (Å²) in [6.07, 6.45) is 2.01. The molecule has 0 aliphatic rings. The molecule has 0 unspecified atom stereocenters. The number of nitrogen functional groups attached to an aromatic ring is 10. The van der Waals surface area contributed by atoms with Crippen molar-refractivity contribution in [1.82, 2.24) is 105 Å². The van der Waals surface area contributed by atoms with Gasteiger partial charge in [-0.2, -0.15) is 105 Å². The Hall–Kier alpha value is -13.1. The third kappa shape index (κ3) is 38.7. The SMILES string of the molecule is CC(C)Nc1nc(N)nc(NCCc2cc(Cl)c(Cl)cc2Cl)n1.CC(C)Nc1nc(N)nc(NCc2ccccc2Cl)n1.CC(C)Nc1nc(N)nc(Nc2ccccc2Cl)n1.CN(C)c1nc(N)nc(NCCc2ccc(Cl)c(Cl)c2)n1.Nc1nc(N)nc(NCCc2cc(Cl)c(Cl)cc2Cl)n1.Nc1nc(N)nc(NCc2ccccc2Cl)n1.Nc1nc(N)nc(Nc2ccccc2Cl)n1. The molecule has 0 aliphatic carbocycles. The van der Waals surface area contributed by atoms with Crippen LogP contribution in [0.25, 0.3) is 0 Å². The van der Waals surface area contributed by atoms with Crippen LogP contribution in [-0.2, 0) is 32.4 Å². The first-order valence-electron chi connectivity index (χ1n) is 40.4. The van der Waals surface area contributed by atoms with E-state index in [0.29, 0.717) is 177 Å². The minimum Gasteiger partial charge on any atom is -0.368 e. The van der Waals surface area contributed by atoms with Crippen molar-refractivity contribution in [2.24, 2.45) is 0 Å². The van der Waals surface area contributed by atoms with Crippen molar-refractivity contribution >= 4 is 276 Å². The molecule has 14 aromatic rings. The molecule has 0 saturated heterocycles. The Bertz CT molecular complexity index is 6180. The van der Waals surface area contributed by atoms with Gasteiger partial charge in [0.1, 0.15) is 0 Å². The van der Waals surface area contributed by atoms with E-state index in [1.165, 1.54) is 0 Å². The lowest BCUT2D eigenvalue weighted by atomic mass is 10.1. The first-order chi connectivity index (χ1) is 64.6. The van der Waals surface area contributed by atoms with Gasteiger partial charge in [0.25, 0.3) is 0 Å². The number of rotatable bonds is 29. The number of benzene rings is 7. The minimum absolute atomic E-state index is 0.0575. The van der Waals surface area contributed by atoms with Gasteiger partial charge in [-0.05, 0) is 161 Å². The average molecular weight is 2100 g/mol. The quantitative estimate of drug-likeness (QED) is 0.0194. The van der Waals surface area contributed by atoms with Gasteiger partial charge >= 0.3 is 0 Å². The second kappa shape index (κ2) is 54.4. The van der Waals surface area contributed by atoms with Gasteiger partial charge in [0.05, 0.1) is 51.6 Å². The van der Waals surface area contributed by atoms with E-state index in [2.05, 4.69) is 158 Å². The molecule has 42 nitrogen and oxygen atoms in total. The summed E-state index contributed by atoms with van der Waals surface area (Å²) in [6, 6.07) is 42.5. The maximum absolute atomic E-state index is 6.15. The fraction of sp³-hybridized carbons (Fsp3) is 0.232. The Labute approximate surface area is 842 Å². The van der Waals surface area contributed by atoms with Gasteiger partial charge in [-0.1, -0.05) is 206 Å². The third-order valence-corrected chi connectivity index (χ3v) is 20.8. The largest absolute Gasteiger partial charge is 0.368 e. The fourth-order valence-electron chi connectivity index (χ4n) is 10.6. The minimum atomic E-state index is 0.0575.